The molecule has 154 valence electrons. The molecule has 0 bridgehead atoms. The summed E-state index contributed by atoms with van der Waals surface area (Å²) in [6.45, 7) is 1.89. The molecule has 1 atom stereocenters. The van der Waals surface area contributed by atoms with Crippen LogP contribution in [0, 0.1) is 11.6 Å². The number of halogens is 2. The second-order valence-corrected chi connectivity index (χ2v) is 8.88. The Morgan fingerprint density at radius 2 is 2.14 bits per heavy atom. The monoisotopic (exact) mass is 418 g/mol. The van der Waals surface area contributed by atoms with Gasteiger partial charge in [-0.2, -0.15) is 0 Å². The smallest absolute Gasteiger partial charge is 0.262 e. The zero-order valence-electron chi connectivity index (χ0n) is 16.5. The van der Waals surface area contributed by atoms with Crippen LogP contribution in [0.15, 0.2) is 29.3 Å². The maximum absolute atomic E-state index is 13.4. The predicted molar refractivity (Wildman–Crippen MR) is 111 cm³/mol. The van der Waals surface area contributed by atoms with E-state index in [2.05, 4.69) is 10.3 Å². The first-order valence-corrected chi connectivity index (χ1v) is 10.6. The third-order valence-electron chi connectivity index (χ3n) is 5.40. The van der Waals surface area contributed by atoms with Crippen LogP contribution in [0.4, 0.5) is 8.78 Å². The van der Waals surface area contributed by atoms with E-state index in [1.54, 1.807) is 28.3 Å². The summed E-state index contributed by atoms with van der Waals surface area (Å²) in [7, 11) is 3.97. The molecule has 0 aliphatic heterocycles. The number of aryl methyl sites for hydroxylation is 1. The van der Waals surface area contributed by atoms with Crippen LogP contribution in [0.2, 0.25) is 0 Å². The third kappa shape index (κ3) is 4.24. The average molecular weight is 419 g/mol. The molecule has 2 aromatic heterocycles. The van der Waals surface area contributed by atoms with Crippen molar-refractivity contribution in [3.8, 4) is 0 Å². The molecule has 1 aliphatic rings. The number of hydrogen-bond donors (Lipinski definition) is 1. The number of aromatic nitrogens is 2. The Morgan fingerprint density at radius 1 is 1.31 bits per heavy atom. The van der Waals surface area contributed by atoms with Crippen molar-refractivity contribution in [2.24, 2.45) is 0 Å². The van der Waals surface area contributed by atoms with Gasteiger partial charge in [0.15, 0.2) is 11.6 Å². The van der Waals surface area contributed by atoms with Gasteiger partial charge in [-0.25, -0.2) is 13.8 Å². The summed E-state index contributed by atoms with van der Waals surface area (Å²) in [5, 5.41) is 4.21. The fraction of sp³-hybridized carbons (Fsp3) is 0.429. The van der Waals surface area contributed by atoms with E-state index < -0.39 is 11.6 Å². The van der Waals surface area contributed by atoms with Gasteiger partial charge >= 0.3 is 0 Å². The van der Waals surface area contributed by atoms with Crippen molar-refractivity contribution < 1.29 is 8.78 Å². The summed E-state index contributed by atoms with van der Waals surface area (Å²) in [5.41, 5.74) is 1.90. The molecule has 1 aromatic carbocycles. The van der Waals surface area contributed by atoms with Gasteiger partial charge in [0, 0.05) is 30.6 Å². The number of hydrogen-bond acceptors (Lipinski definition) is 5. The van der Waals surface area contributed by atoms with E-state index >= 15 is 0 Å². The Bertz CT molecular complexity index is 1090. The summed E-state index contributed by atoms with van der Waals surface area (Å²) >= 11 is 1.59. The molecule has 0 spiro atoms. The summed E-state index contributed by atoms with van der Waals surface area (Å²) in [5.74, 6) is -1.65. The van der Waals surface area contributed by atoms with Crippen LogP contribution >= 0.6 is 11.3 Å². The lowest BCUT2D eigenvalue weighted by molar-refractivity contribution is 0.380. The first-order chi connectivity index (χ1) is 13.9. The summed E-state index contributed by atoms with van der Waals surface area (Å²) in [6, 6.07) is 4.22. The zero-order chi connectivity index (χ0) is 20.5. The van der Waals surface area contributed by atoms with E-state index in [4.69, 9.17) is 0 Å². The molecule has 1 N–H and O–H groups in total. The number of fused-ring (bicyclic) bond motifs is 3. The minimum atomic E-state index is -0.829. The molecule has 3 aromatic rings. The molecular formula is C21H24F2N4OS. The van der Waals surface area contributed by atoms with E-state index in [0.717, 1.165) is 53.2 Å². The first kappa shape index (κ1) is 20.1. The second-order valence-electron chi connectivity index (χ2n) is 7.80. The van der Waals surface area contributed by atoms with E-state index in [1.165, 1.54) is 10.9 Å². The molecule has 29 heavy (non-hydrogen) atoms. The Morgan fingerprint density at radius 3 is 2.90 bits per heavy atom. The Labute approximate surface area is 172 Å². The topological polar surface area (TPSA) is 50.2 Å². The molecule has 1 aliphatic carbocycles. The second kappa shape index (κ2) is 8.30. The number of nitrogens with one attached hydrogen (secondary N) is 1. The lowest BCUT2D eigenvalue weighted by Gasteiger charge is -2.23. The van der Waals surface area contributed by atoms with E-state index in [0.29, 0.717) is 13.1 Å². The highest BCUT2D eigenvalue weighted by atomic mass is 32.1. The van der Waals surface area contributed by atoms with E-state index in [1.807, 2.05) is 19.0 Å². The van der Waals surface area contributed by atoms with Crippen LogP contribution in [-0.4, -0.2) is 41.1 Å². The highest BCUT2D eigenvalue weighted by Gasteiger charge is 2.25. The largest absolute Gasteiger partial charge is 0.310 e. The zero-order valence-corrected chi connectivity index (χ0v) is 17.4. The summed E-state index contributed by atoms with van der Waals surface area (Å²) < 4.78 is 28.2. The highest BCUT2D eigenvalue weighted by molar-refractivity contribution is 7.18. The van der Waals surface area contributed by atoms with Crippen LogP contribution in [0.25, 0.3) is 10.2 Å². The van der Waals surface area contributed by atoms with Gasteiger partial charge in [0.1, 0.15) is 4.83 Å². The van der Waals surface area contributed by atoms with Crippen LogP contribution in [0.3, 0.4) is 0 Å². The van der Waals surface area contributed by atoms with Gasteiger partial charge in [-0.1, -0.05) is 6.07 Å². The summed E-state index contributed by atoms with van der Waals surface area (Å²) in [4.78, 5) is 21.5. The molecule has 0 saturated carbocycles. The SMILES string of the molecule is CN(C)CCn1cnc2sc3c(c2c1=O)CCC(NCc1ccc(F)c(F)c1)C3. The van der Waals surface area contributed by atoms with Crippen molar-refractivity contribution in [1.29, 1.82) is 0 Å². The van der Waals surface area contributed by atoms with Crippen molar-refractivity contribution in [3.05, 3.63) is 62.5 Å². The van der Waals surface area contributed by atoms with E-state index in [-0.39, 0.29) is 11.6 Å². The maximum Gasteiger partial charge on any atom is 0.262 e. The maximum atomic E-state index is 13.4. The number of thiophene rings is 1. The minimum Gasteiger partial charge on any atom is -0.310 e. The Kier molecular flexibility index (Phi) is 5.76. The molecule has 5 nitrogen and oxygen atoms in total. The van der Waals surface area contributed by atoms with Crippen LogP contribution in [-0.2, 0) is 25.9 Å². The fourth-order valence-electron chi connectivity index (χ4n) is 3.75. The molecule has 8 heteroatoms. The predicted octanol–water partition coefficient (Wildman–Crippen LogP) is 2.94. The molecule has 1 unspecified atom stereocenters. The Hall–Kier alpha value is -2.16. The van der Waals surface area contributed by atoms with E-state index in [9.17, 15) is 13.6 Å². The highest BCUT2D eigenvalue weighted by Crippen LogP contribution is 2.33. The molecule has 0 radical (unpaired) electrons. The summed E-state index contributed by atoms with van der Waals surface area (Å²) in [6.07, 6.45) is 4.18. The molecule has 4 rings (SSSR count). The van der Waals surface area contributed by atoms with Crippen LogP contribution in [0.1, 0.15) is 22.4 Å². The number of benzene rings is 1. The van der Waals surface area contributed by atoms with Crippen molar-refractivity contribution in [1.82, 2.24) is 19.8 Å². The van der Waals surface area contributed by atoms with Crippen molar-refractivity contribution in [3.63, 3.8) is 0 Å². The third-order valence-corrected chi connectivity index (χ3v) is 6.57. The van der Waals surface area contributed by atoms with Crippen molar-refractivity contribution in [2.75, 3.05) is 20.6 Å². The van der Waals surface area contributed by atoms with Gasteiger partial charge in [-0.3, -0.25) is 9.36 Å². The van der Waals surface area contributed by atoms with Gasteiger partial charge in [0.05, 0.1) is 11.7 Å². The number of rotatable bonds is 6. The molecule has 0 amide bonds. The number of nitrogens with zero attached hydrogens (tertiary/aromatic N) is 3. The average Bonchev–Trinajstić information content (AvgIpc) is 3.06. The molecule has 0 saturated heterocycles. The van der Waals surface area contributed by atoms with Gasteiger partial charge in [-0.05, 0) is 56.6 Å². The lowest BCUT2D eigenvalue weighted by atomic mass is 9.93. The van der Waals surface area contributed by atoms with Gasteiger partial charge in [0.25, 0.3) is 5.56 Å². The molecule has 0 fully saturated rings. The van der Waals surface area contributed by atoms with Gasteiger partial charge in [0.2, 0.25) is 0 Å². The van der Waals surface area contributed by atoms with Crippen molar-refractivity contribution in [2.45, 2.75) is 38.4 Å². The standard InChI is InChI=1S/C21H24F2N4OS/c1-26(2)7-8-27-12-25-20-19(21(27)28)15-5-4-14(10-18(15)29-20)24-11-13-3-6-16(22)17(23)9-13/h3,6,9,12,14,24H,4-5,7-8,10-11H2,1-2H3. The first-order valence-electron chi connectivity index (χ1n) is 9.74. The lowest BCUT2D eigenvalue weighted by Crippen LogP contribution is -2.34. The van der Waals surface area contributed by atoms with Crippen LogP contribution in [0.5, 0.6) is 0 Å². The van der Waals surface area contributed by atoms with Gasteiger partial charge < -0.3 is 10.2 Å². The Balaban J connectivity index is 1.50. The molecule has 2 heterocycles. The van der Waals surface area contributed by atoms with Crippen molar-refractivity contribution >= 4 is 21.6 Å². The van der Waals surface area contributed by atoms with Gasteiger partial charge in [-0.15, -0.1) is 11.3 Å². The molecular weight excluding hydrogens is 394 g/mol. The van der Waals surface area contributed by atoms with Crippen LogP contribution < -0.4 is 10.9 Å². The minimum absolute atomic E-state index is 0.0440. The quantitative estimate of drug-likeness (QED) is 0.669. The fourth-order valence-corrected chi connectivity index (χ4v) is 5.01. The number of likely N-dealkylation sites (N-methyl/N-ethyl adjacent to an activating group) is 1. The normalized spacial score (nSPS) is 16.5.